The minimum Gasteiger partial charge on any atom is -0.233 e. The number of benzene rings is 1. The third kappa shape index (κ3) is 2.82. The fourth-order valence-electron chi connectivity index (χ4n) is 1.82. The third-order valence-electron chi connectivity index (χ3n) is 2.77. The van der Waals surface area contributed by atoms with Crippen LogP contribution in [0.25, 0.3) is 11.4 Å². The molecule has 1 aromatic heterocycles. The van der Waals surface area contributed by atoms with Crippen molar-refractivity contribution in [3.05, 3.63) is 45.7 Å². The Kier molecular flexibility index (Phi) is 4.20. The molecule has 0 bridgehead atoms. The van der Waals surface area contributed by atoms with Gasteiger partial charge < -0.3 is 0 Å². The Morgan fingerprint density at radius 1 is 1.06 bits per heavy atom. The van der Waals surface area contributed by atoms with Gasteiger partial charge >= 0.3 is 0 Å². The van der Waals surface area contributed by atoms with E-state index in [1.165, 1.54) is 0 Å². The molecule has 0 N–H and O–H groups in total. The standard InChI is InChI=1S/C14H14Cl2N2/c1-3-4-12-9(2)17-14(18-13(12)16)10-5-7-11(15)8-6-10/h5-8H,3-4H2,1-2H3. The first-order valence-corrected chi connectivity index (χ1v) is 6.66. The van der Waals surface area contributed by atoms with Crippen LogP contribution in [0.5, 0.6) is 0 Å². The molecule has 0 aliphatic rings. The third-order valence-corrected chi connectivity index (χ3v) is 3.33. The Labute approximate surface area is 117 Å². The van der Waals surface area contributed by atoms with Gasteiger partial charge in [0.15, 0.2) is 5.82 Å². The Morgan fingerprint density at radius 3 is 2.28 bits per heavy atom. The van der Waals surface area contributed by atoms with E-state index in [1.54, 1.807) is 0 Å². The molecule has 0 atom stereocenters. The van der Waals surface area contributed by atoms with Crippen LogP contribution in [0.1, 0.15) is 24.6 Å². The van der Waals surface area contributed by atoms with Gasteiger partial charge in [0.25, 0.3) is 0 Å². The highest BCUT2D eigenvalue weighted by Gasteiger charge is 2.10. The quantitative estimate of drug-likeness (QED) is 0.761. The lowest BCUT2D eigenvalue weighted by atomic mass is 10.1. The number of hydrogen-bond acceptors (Lipinski definition) is 2. The summed E-state index contributed by atoms with van der Waals surface area (Å²) >= 11 is 12.1. The first-order valence-electron chi connectivity index (χ1n) is 5.90. The predicted octanol–water partition coefficient (Wildman–Crippen LogP) is 4.71. The lowest BCUT2D eigenvalue weighted by Crippen LogP contribution is -2.00. The molecule has 1 heterocycles. The first-order chi connectivity index (χ1) is 8.61. The summed E-state index contributed by atoms with van der Waals surface area (Å²) in [5.74, 6) is 0.647. The second-order valence-corrected chi connectivity index (χ2v) is 4.95. The average molecular weight is 281 g/mol. The molecular weight excluding hydrogens is 267 g/mol. The fraction of sp³-hybridized carbons (Fsp3) is 0.286. The summed E-state index contributed by atoms with van der Waals surface area (Å²) in [5, 5.41) is 1.25. The molecule has 0 aliphatic carbocycles. The average Bonchev–Trinajstić information content (AvgIpc) is 2.34. The molecule has 94 valence electrons. The van der Waals surface area contributed by atoms with Crippen molar-refractivity contribution >= 4 is 23.2 Å². The molecule has 0 spiro atoms. The Morgan fingerprint density at radius 2 is 1.72 bits per heavy atom. The molecule has 0 unspecified atom stereocenters. The molecule has 0 saturated heterocycles. The highest BCUT2D eigenvalue weighted by Crippen LogP contribution is 2.24. The van der Waals surface area contributed by atoms with Gasteiger partial charge in [-0.25, -0.2) is 9.97 Å². The molecule has 2 aromatic rings. The van der Waals surface area contributed by atoms with Gasteiger partial charge in [-0.15, -0.1) is 0 Å². The van der Waals surface area contributed by atoms with Crippen LogP contribution in [0.2, 0.25) is 10.2 Å². The fourth-order valence-corrected chi connectivity index (χ4v) is 2.26. The van der Waals surface area contributed by atoms with E-state index >= 15 is 0 Å². The van der Waals surface area contributed by atoms with Crippen molar-refractivity contribution in [3.8, 4) is 11.4 Å². The van der Waals surface area contributed by atoms with Crippen LogP contribution in [-0.4, -0.2) is 9.97 Å². The zero-order chi connectivity index (χ0) is 13.1. The van der Waals surface area contributed by atoms with Crippen LogP contribution < -0.4 is 0 Å². The van der Waals surface area contributed by atoms with E-state index < -0.39 is 0 Å². The van der Waals surface area contributed by atoms with Crippen LogP contribution in [0, 0.1) is 6.92 Å². The normalized spacial score (nSPS) is 10.7. The van der Waals surface area contributed by atoms with Gasteiger partial charge in [0.2, 0.25) is 0 Å². The van der Waals surface area contributed by atoms with Gasteiger partial charge in [-0.2, -0.15) is 0 Å². The molecule has 0 saturated carbocycles. The minimum absolute atomic E-state index is 0.550. The largest absolute Gasteiger partial charge is 0.233 e. The second-order valence-electron chi connectivity index (χ2n) is 4.16. The molecule has 0 aliphatic heterocycles. The summed E-state index contributed by atoms with van der Waals surface area (Å²) in [6.07, 6.45) is 1.94. The van der Waals surface area contributed by atoms with Crippen molar-refractivity contribution in [3.63, 3.8) is 0 Å². The monoisotopic (exact) mass is 280 g/mol. The molecule has 0 fully saturated rings. The SMILES string of the molecule is CCCc1c(C)nc(-c2ccc(Cl)cc2)nc1Cl. The van der Waals surface area contributed by atoms with Crippen LogP contribution >= 0.6 is 23.2 Å². The summed E-state index contributed by atoms with van der Waals surface area (Å²) < 4.78 is 0. The van der Waals surface area contributed by atoms with Crippen molar-refractivity contribution < 1.29 is 0 Å². The molecule has 18 heavy (non-hydrogen) atoms. The smallest absolute Gasteiger partial charge is 0.161 e. The van der Waals surface area contributed by atoms with E-state index in [-0.39, 0.29) is 0 Å². The van der Waals surface area contributed by atoms with Crippen LogP contribution in [0.15, 0.2) is 24.3 Å². The number of hydrogen-bond donors (Lipinski definition) is 0. The summed E-state index contributed by atoms with van der Waals surface area (Å²) in [6, 6.07) is 7.44. The predicted molar refractivity (Wildman–Crippen MR) is 76.2 cm³/mol. The molecule has 0 amide bonds. The molecule has 2 nitrogen and oxygen atoms in total. The molecular formula is C14H14Cl2N2. The topological polar surface area (TPSA) is 25.8 Å². The zero-order valence-electron chi connectivity index (χ0n) is 10.4. The number of halogens is 2. The van der Waals surface area contributed by atoms with Crippen molar-refractivity contribution in [2.24, 2.45) is 0 Å². The zero-order valence-corrected chi connectivity index (χ0v) is 11.9. The second kappa shape index (κ2) is 5.68. The van der Waals surface area contributed by atoms with Gasteiger partial charge in [-0.3, -0.25) is 0 Å². The lowest BCUT2D eigenvalue weighted by Gasteiger charge is -2.08. The van der Waals surface area contributed by atoms with E-state index in [0.29, 0.717) is 16.0 Å². The molecule has 0 radical (unpaired) electrons. The lowest BCUT2D eigenvalue weighted by molar-refractivity contribution is 0.885. The maximum Gasteiger partial charge on any atom is 0.161 e. The molecule has 1 aromatic carbocycles. The number of aryl methyl sites for hydroxylation is 1. The van der Waals surface area contributed by atoms with Gasteiger partial charge in [0.05, 0.1) is 0 Å². The molecule has 4 heteroatoms. The van der Waals surface area contributed by atoms with E-state index in [9.17, 15) is 0 Å². The van der Waals surface area contributed by atoms with E-state index in [4.69, 9.17) is 23.2 Å². The van der Waals surface area contributed by atoms with E-state index in [2.05, 4.69) is 16.9 Å². The number of aromatic nitrogens is 2. The summed E-state index contributed by atoms with van der Waals surface area (Å²) in [4.78, 5) is 8.88. The maximum absolute atomic E-state index is 6.22. The summed E-state index contributed by atoms with van der Waals surface area (Å²) in [7, 11) is 0. The van der Waals surface area contributed by atoms with Crippen molar-refractivity contribution in [2.75, 3.05) is 0 Å². The summed E-state index contributed by atoms with van der Waals surface area (Å²) in [5.41, 5.74) is 2.91. The Hall–Kier alpha value is -1.12. The van der Waals surface area contributed by atoms with Crippen molar-refractivity contribution in [2.45, 2.75) is 26.7 Å². The van der Waals surface area contributed by atoms with Gasteiger partial charge in [0.1, 0.15) is 5.15 Å². The molecule has 2 rings (SSSR count). The van der Waals surface area contributed by atoms with E-state index in [1.807, 2.05) is 31.2 Å². The Bertz CT molecular complexity index is 527. The van der Waals surface area contributed by atoms with Crippen molar-refractivity contribution in [1.29, 1.82) is 0 Å². The van der Waals surface area contributed by atoms with Gasteiger partial charge in [-0.1, -0.05) is 36.5 Å². The number of rotatable bonds is 3. The van der Waals surface area contributed by atoms with Gasteiger partial charge in [-0.05, 0) is 37.6 Å². The minimum atomic E-state index is 0.550. The number of nitrogens with zero attached hydrogens (tertiary/aromatic N) is 2. The van der Waals surface area contributed by atoms with E-state index in [0.717, 1.165) is 29.7 Å². The van der Waals surface area contributed by atoms with Crippen LogP contribution in [0.3, 0.4) is 0 Å². The highest BCUT2D eigenvalue weighted by molar-refractivity contribution is 6.30. The highest BCUT2D eigenvalue weighted by atomic mass is 35.5. The summed E-state index contributed by atoms with van der Waals surface area (Å²) in [6.45, 7) is 4.08. The maximum atomic E-state index is 6.22. The van der Waals surface area contributed by atoms with Crippen LogP contribution in [-0.2, 0) is 6.42 Å². The van der Waals surface area contributed by atoms with Crippen molar-refractivity contribution in [1.82, 2.24) is 9.97 Å². The first kappa shape index (κ1) is 13.3. The van der Waals surface area contributed by atoms with Gasteiger partial charge in [0, 0.05) is 21.8 Å². The Balaban J connectivity index is 2.44. The van der Waals surface area contributed by atoms with Crippen LogP contribution in [0.4, 0.5) is 0 Å².